The van der Waals surface area contributed by atoms with Crippen molar-refractivity contribution in [1.82, 2.24) is 9.97 Å². The van der Waals surface area contributed by atoms with Gasteiger partial charge in [-0.05, 0) is 30.5 Å². The molecule has 0 aliphatic heterocycles. The smallest absolute Gasteiger partial charge is 0.337 e. The number of esters is 1. The lowest BCUT2D eigenvalue weighted by Gasteiger charge is -2.08. The quantitative estimate of drug-likeness (QED) is 0.676. The van der Waals surface area contributed by atoms with Gasteiger partial charge in [0, 0.05) is 18.5 Å². The largest absolute Gasteiger partial charge is 0.465 e. The summed E-state index contributed by atoms with van der Waals surface area (Å²) in [5.41, 5.74) is 1.49. The maximum atomic E-state index is 11.5. The number of halogens is 1. The van der Waals surface area contributed by atoms with Gasteiger partial charge in [0.15, 0.2) is 0 Å². The van der Waals surface area contributed by atoms with Crippen molar-refractivity contribution in [3.05, 3.63) is 52.4 Å². The fraction of sp³-hybridized carbons (Fsp3) is 0.312. The van der Waals surface area contributed by atoms with Gasteiger partial charge in [0.1, 0.15) is 16.8 Å². The first-order valence-electron chi connectivity index (χ1n) is 7.11. The molecule has 2 aromatic rings. The van der Waals surface area contributed by atoms with Gasteiger partial charge >= 0.3 is 5.97 Å². The molecular weight excluding hydrogens is 302 g/mol. The number of nitrogens with one attached hydrogen (secondary N) is 1. The van der Waals surface area contributed by atoms with Gasteiger partial charge in [0.05, 0.1) is 12.7 Å². The number of anilines is 1. The minimum Gasteiger partial charge on any atom is -0.465 e. The molecule has 1 aliphatic rings. The van der Waals surface area contributed by atoms with Gasteiger partial charge in [0.2, 0.25) is 0 Å². The van der Waals surface area contributed by atoms with E-state index >= 15 is 0 Å². The fourth-order valence-corrected chi connectivity index (χ4v) is 2.36. The molecule has 1 aromatic carbocycles. The molecule has 1 aliphatic carbocycles. The molecule has 3 rings (SSSR count). The third-order valence-electron chi connectivity index (χ3n) is 3.48. The Morgan fingerprint density at radius 2 is 2.18 bits per heavy atom. The van der Waals surface area contributed by atoms with Crippen molar-refractivity contribution in [1.29, 1.82) is 0 Å². The summed E-state index contributed by atoms with van der Waals surface area (Å²) in [4.78, 5) is 20.3. The molecule has 1 aromatic heterocycles. The Balaban J connectivity index is 1.71. The molecule has 0 saturated heterocycles. The molecule has 5 nitrogen and oxygen atoms in total. The Morgan fingerprint density at radius 1 is 1.36 bits per heavy atom. The third kappa shape index (κ3) is 3.54. The van der Waals surface area contributed by atoms with E-state index < -0.39 is 0 Å². The van der Waals surface area contributed by atoms with E-state index in [1.165, 1.54) is 7.11 Å². The summed E-state index contributed by atoms with van der Waals surface area (Å²) < 4.78 is 4.72. The molecule has 0 amide bonds. The normalized spacial score (nSPS) is 13.7. The van der Waals surface area contributed by atoms with Crippen LogP contribution in [0.1, 0.15) is 40.5 Å². The highest BCUT2D eigenvalue weighted by Gasteiger charge is 2.27. The van der Waals surface area contributed by atoms with E-state index in [4.69, 9.17) is 16.3 Å². The Morgan fingerprint density at radius 3 is 2.91 bits per heavy atom. The molecule has 22 heavy (non-hydrogen) atoms. The van der Waals surface area contributed by atoms with Crippen molar-refractivity contribution < 1.29 is 9.53 Å². The van der Waals surface area contributed by atoms with Crippen LogP contribution >= 0.6 is 11.6 Å². The number of rotatable bonds is 5. The summed E-state index contributed by atoms with van der Waals surface area (Å²) in [5.74, 6) is 1.61. The van der Waals surface area contributed by atoms with Crippen LogP contribution in [0.25, 0.3) is 0 Å². The molecule has 6 heteroatoms. The number of hydrogen-bond donors (Lipinski definition) is 1. The number of carbonyl (C=O) groups excluding carboxylic acids is 1. The van der Waals surface area contributed by atoms with Crippen molar-refractivity contribution in [2.45, 2.75) is 25.3 Å². The number of nitrogens with zero attached hydrogens (tertiary/aromatic N) is 2. The summed E-state index contributed by atoms with van der Waals surface area (Å²) in [6, 6.07) is 8.99. The summed E-state index contributed by atoms with van der Waals surface area (Å²) >= 11 is 6.04. The highest BCUT2D eigenvalue weighted by molar-refractivity contribution is 6.29. The molecule has 1 fully saturated rings. The highest BCUT2D eigenvalue weighted by Crippen LogP contribution is 2.38. The topological polar surface area (TPSA) is 64.1 Å². The van der Waals surface area contributed by atoms with Gasteiger partial charge in [-0.25, -0.2) is 14.8 Å². The number of aromatic nitrogens is 2. The zero-order chi connectivity index (χ0) is 15.5. The maximum Gasteiger partial charge on any atom is 0.337 e. The number of ether oxygens (including phenoxy) is 1. The van der Waals surface area contributed by atoms with Crippen LogP contribution in [0.5, 0.6) is 0 Å². The predicted molar refractivity (Wildman–Crippen MR) is 84.1 cm³/mol. The zero-order valence-electron chi connectivity index (χ0n) is 12.2. The summed E-state index contributed by atoms with van der Waals surface area (Å²) in [5, 5.41) is 3.67. The first-order chi connectivity index (χ1) is 10.7. The molecule has 1 heterocycles. The van der Waals surface area contributed by atoms with Gasteiger partial charge in [-0.15, -0.1) is 0 Å². The standard InChI is InChI=1S/C16H16ClN3O2/c1-22-16(21)12-4-2-3-10(7-12)9-18-14-8-13(17)19-15(20-14)11-5-6-11/h2-4,7-8,11H,5-6,9H2,1H3,(H,18,19,20). The molecule has 0 atom stereocenters. The van der Waals surface area contributed by atoms with Crippen LogP contribution in [0.15, 0.2) is 30.3 Å². The second kappa shape index (κ2) is 6.32. The van der Waals surface area contributed by atoms with Crippen LogP contribution in [0.3, 0.4) is 0 Å². The number of benzene rings is 1. The van der Waals surface area contributed by atoms with Gasteiger partial charge in [-0.3, -0.25) is 0 Å². The molecular formula is C16H16ClN3O2. The first kappa shape index (κ1) is 14.8. The van der Waals surface area contributed by atoms with Gasteiger partial charge in [-0.1, -0.05) is 23.7 Å². The van der Waals surface area contributed by atoms with Crippen molar-refractivity contribution in [3.8, 4) is 0 Å². The lowest BCUT2D eigenvalue weighted by molar-refractivity contribution is 0.0600. The summed E-state index contributed by atoms with van der Waals surface area (Å²) in [7, 11) is 1.37. The average Bonchev–Trinajstić information content (AvgIpc) is 3.37. The third-order valence-corrected chi connectivity index (χ3v) is 3.67. The van der Waals surface area contributed by atoms with Crippen LogP contribution in [-0.2, 0) is 11.3 Å². The van der Waals surface area contributed by atoms with Gasteiger partial charge < -0.3 is 10.1 Å². The second-order valence-corrected chi connectivity index (χ2v) is 5.64. The summed E-state index contributed by atoms with van der Waals surface area (Å²) in [6.45, 7) is 0.544. The molecule has 0 radical (unpaired) electrons. The lowest BCUT2D eigenvalue weighted by Crippen LogP contribution is -2.06. The number of methoxy groups -OCH3 is 1. The number of carbonyl (C=O) groups is 1. The number of hydrogen-bond acceptors (Lipinski definition) is 5. The van der Waals surface area contributed by atoms with Crippen molar-refractivity contribution >= 4 is 23.4 Å². The highest BCUT2D eigenvalue weighted by atomic mass is 35.5. The average molecular weight is 318 g/mol. The monoisotopic (exact) mass is 317 g/mol. The van der Waals surface area contributed by atoms with E-state index in [9.17, 15) is 4.79 Å². The lowest BCUT2D eigenvalue weighted by atomic mass is 10.1. The molecule has 1 N–H and O–H groups in total. The van der Waals surface area contributed by atoms with Gasteiger partial charge in [-0.2, -0.15) is 0 Å². The van der Waals surface area contributed by atoms with Crippen LogP contribution < -0.4 is 5.32 Å². The van der Waals surface area contributed by atoms with Crippen molar-refractivity contribution in [2.75, 3.05) is 12.4 Å². The van der Waals surface area contributed by atoms with Crippen LogP contribution in [-0.4, -0.2) is 23.0 Å². The Bertz CT molecular complexity index is 702. The minimum absolute atomic E-state index is 0.344. The molecule has 1 saturated carbocycles. The molecule has 0 bridgehead atoms. The molecule has 0 unspecified atom stereocenters. The van der Waals surface area contributed by atoms with E-state index in [-0.39, 0.29) is 5.97 Å². The molecule has 114 valence electrons. The second-order valence-electron chi connectivity index (χ2n) is 5.25. The summed E-state index contributed by atoms with van der Waals surface area (Å²) in [6.07, 6.45) is 2.25. The zero-order valence-corrected chi connectivity index (χ0v) is 12.9. The SMILES string of the molecule is COC(=O)c1cccc(CNc2cc(Cl)nc(C3CC3)n2)c1. The maximum absolute atomic E-state index is 11.5. The van der Waals surface area contributed by atoms with E-state index in [1.807, 2.05) is 12.1 Å². The van der Waals surface area contributed by atoms with Crippen LogP contribution in [0, 0.1) is 0 Å². The van der Waals surface area contributed by atoms with E-state index in [0.29, 0.717) is 29.0 Å². The van der Waals surface area contributed by atoms with Crippen LogP contribution in [0.2, 0.25) is 5.15 Å². The Kier molecular flexibility index (Phi) is 4.24. The van der Waals surface area contributed by atoms with E-state index in [1.54, 1.807) is 18.2 Å². The van der Waals surface area contributed by atoms with Gasteiger partial charge in [0.25, 0.3) is 0 Å². The molecule has 0 spiro atoms. The predicted octanol–water partition coefficient (Wildman–Crippen LogP) is 3.41. The Labute approximate surface area is 133 Å². The van der Waals surface area contributed by atoms with E-state index in [0.717, 1.165) is 24.2 Å². The minimum atomic E-state index is -0.344. The fourth-order valence-electron chi connectivity index (χ4n) is 2.17. The van der Waals surface area contributed by atoms with Crippen LogP contribution in [0.4, 0.5) is 5.82 Å². The Hall–Kier alpha value is -2.14. The van der Waals surface area contributed by atoms with E-state index in [2.05, 4.69) is 15.3 Å². The van der Waals surface area contributed by atoms with Crippen molar-refractivity contribution in [3.63, 3.8) is 0 Å². The van der Waals surface area contributed by atoms with Crippen molar-refractivity contribution in [2.24, 2.45) is 0 Å². The first-order valence-corrected chi connectivity index (χ1v) is 7.49.